The van der Waals surface area contributed by atoms with Gasteiger partial charge in [0.05, 0.1) is 29.8 Å². The summed E-state index contributed by atoms with van der Waals surface area (Å²) in [6, 6.07) is 1.90. The number of nitrogens with one attached hydrogen (secondary N) is 2. The van der Waals surface area contributed by atoms with Crippen LogP contribution in [0.25, 0.3) is 0 Å². The van der Waals surface area contributed by atoms with Gasteiger partial charge in [-0.1, -0.05) is 13.8 Å². The second-order valence-corrected chi connectivity index (χ2v) is 8.55. The molecule has 2 aromatic heterocycles. The van der Waals surface area contributed by atoms with Crippen LogP contribution < -0.4 is 10.6 Å². The molecule has 0 bridgehead atoms. The molecule has 0 aromatic carbocycles. The number of furan rings is 1. The van der Waals surface area contributed by atoms with Crippen molar-refractivity contribution in [1.82, 2.24) is 20.4 Å². The minimum Gasteiger partial charge on any atom is -0.467 e. The number of nitrogens with zero attached hydrogens (tertiary/aromatic N) is 2. The maximum atomic E-state index is 12.7. The molecule has 1 atom stereocenters. The Hall–Kier alpha value is -3.56. The van der Waals surface area contributed by atoms with Crippen molar-refractivity contribution in [2.24, 2.45) is 5.92 Å². The first-order chi connectivity index (χ1) is 16.2. The number of aromatic nitrogens is 2. The van der Waals surface area contributed by atoms with Crippen molar-refractivity contribution in [1.29, 1.82) is 0 Å². The minimum atomic E-state index is -0.853. The molecule has 184 valence electrons. The molecule has 34 heavy (non-hydrogen) atoms. The lowest BCUT2D eigenvalue weighted by Gasteiger charge is -2.27. The third-order valence-corrected chi connectivity index (χ3v) is 5.50. The number of rotatable bonds is 10. The van der Waals surface area contributed by atoms with E-state index >= 15 is 0 Å². The van der Waals surface area contributed by atoms with Crippen molar-refractivity contribution in [3.63, 3.8) is 0 Å². The normalized spacial score (nSPS) is 15.8. The Bertz CT molecular complexity index is 1070. The van der Waals surface area contributed by atoms with E-state index in [9.17, 15) is 14.4 Å². The lowest BCUT2D eigenvalue weighted by Crippen LogP contribution is -2.47. The summed E-state index contributed by atoms with van der Waals surface area (Å²) < 4.78 is 17.9. The first-order valence-electron chi connectivity index (χ1n) is 11.4. The minimum absolute atomic E-state index is 0.130. The van der Waals surface area contributed by atoms with Gasteiger partial charge in [0.2, 0.25) is 0 Å². The fourth-order valence-electron chi connectivity index (χ4n) is 3.92. The van der Waals surface area contributed by atoms with Gasteiger partial charge in [0.1, 0.15) is 18.4 Å². The maximum Gasteiger partial charge on any atom is 0.338 e. The highest BCUT2D eigenvalue weighted by Gasteiger charge is 2.35. The van der Waals surface area contributed by atoms with Crippen LogP contribution in [-0.4, -0.2) is 41.0 Å². The number of esters is 2. The number of carbonyl (C=O) groups is 3. The maximum absolute atomic E-state index is 12.7. The Labute approximate surface area is 198 Å². The standard InChI is InChI=1S/C24H32N4O6/c1-6-32-23(30)21-18(25-24(31)26-22(21)19-8-7-11-33-19)13-34-20(29)10-9-17-15(4)27-28(16(17)5)12-14(2)3/h7-8,11,14,22H,6,9-10,12-13H2,1-5H3,(H2,25,26,31). The zero-order valence-electron chi connectivity index (χ0n) is 20.3. The predicted molar refractivity (Wildman–Crippen MR) is 123 cm³/mol. The molecule has 1 aliphatic rings. The van der Waals surface area contributed by atoms with Gasteiger partial charge in [-0.15, -0.1) is 0 Å². The molecule has 0 saturated heterocycles. The van der Waals surface area contributed by atoms with Gasteiger partial charge in [-0.3, -0.25) is 9.48 Å². The second kappa shape index (κ2) is 11.0. The van der Waals surface area contributed by atoms with Gasteiger partial charge in [0.25, 0.3) is 0 Å². The van der Waals surface area contributed by atoms with Gasteiger partial charge in [-0.2, -0.15) is 5.10 Å². The van der Waals surface area contributed by atoms with Crippen molar-refractivity contribution in [3.8, 4) is 0 Å². The number of carbonyl (C=O) groups excluding carboxylic acids is 3. The van der Waals surface area contributed by atoms with E-state index in [1.165, 1.54) is 6.26 Å². The van der Waals surface area contributed by atoms with E-state index in [2.05, 4.69) is 29.6 Å². The molecule has 2 N–H and O–H groups in total. The Balaban J connectivity index is 1.71. The van der Waals surface area contributed by atoms with Crippen LogP contribution in [0.2, 0.25) is 0 Å². The Kier molecular flexibility index (Phi) is 8.14. The molecule has 1 unspecified atom stereocenters. The van der Waals surface area contributed by atoms with Gasteiger partial charge >= 0.3 is 18.0 Å². The summed E-state index contributed by atoms with van der Waals surface area (Å²) in [5.41, 5.74) is 3.25. The van der Waals surface area contributed by atoms with E-state index in [-0.39, 0.29) is 30.9 Å². The second-order valence-electron chi connectivity index (χ2n) is 8.55. The summed E-state index contributed by atoms with van der Waals surface area (Å²) in [6.07, 6.45) is 2.07. The van der Waals surface area contributed by atoms with Crippen LogP contribution in [0.3, 0.4) is 0 Å². The topological polar surface area (TPSA) is 125 Å². The van der Waals surface area contributed by atoms with Crippen LogP contribution in [0.15, 0.2) is 34.1 Å². The molecule has 2 amide bonds. The molecule has 0 radical (unpaired) electrons. The highest BCUT2D eigenvalue weighted by molar-refractivity contribution is 5.95. The number of amides is 2. The molecule has 3 rings (SSSR count). The summed E-state index contributed by atoms with van der Waals surface area (Å²) >= 11 is 0. The average molecular weight is 473 g/mol. The van der Waals surface area contributed by atoms with E-state index in [4.69, 9.17) is 13.9 Å². The summed E-state index contributed by atoms with van der Waals surface area (Å²) in [5.74, 6) is -0.256. The van der Waals surface area contributed by atoms with E-state index in [1.54, 1.807) is 19.1 Å². The van der Waals surface area contributed by atoms with E-state index in [0.29, 0.717) is 18.1 Å². The van der Waals surface area contributed by atoms with E-state index < -0.39 is 24.0 Å². The van der Waals surface area contributed by atoms with E-state index in [0.717, 1.165) is 23.5 Å². The SMILES string of the molecule is CCOC(=O)C1=C(COC(=O)CCc2c(C)nn(CC(C)C)c2C)NC(=O)NC1c1ccco1. The Morgan fingerprint density at radius 2 is 2.03 bits per heavy atom. The van der Waals surface area contributed by atoms with Gasteiger partial charge < -0.3 is 24.5 Å². The number of urea groups is 1. The van der Waals surface area contributed by atoms with Gasteiger partial charge in [-0.25, -0.2) is 9.59 Å². The molecule has 0 aliphatic carbocycles. The molecule has 0 fully saturated rings. The number of hydrogen-bond acceptors (Lipinski definition) is 7. The molecule has 3 heterocycles. The lowest BCUT2D eigenvalue weighted by atomic mass is 10.0. The molecule has 0 saturated carbocycles. The molecular formula is C24H32N4O6. The fourth-order valence-corrected chi connectivity index (χ4v) is 3.92. The quantitative estimate of drug-likeness (QED) is 0.509. The highest BCUT2D eigenvalue weighted by Crippen LogP contribution is 2.28. The number of ether oxygens (including phenoxy) is 2. The highest BCUT2D eigenvalue weighted by atomic mass is 16.5. The first kappa shape index (κ1) is 25.1. The van der Waals surface area contributed by atoms with Gasteiger partial charge in [0.15, 0.2) is 0 Å². The Morgan fingerprint density at radius 1 is 1.26 bits per heavy atom. The lowest BCUT2D eigenvalue weighted by molar-refractivity contribution is -0.143. The third kappa shape index (κ3) is 5.86. The Morgan fingerprint density at radius 3 is 2.68 bits per heavy atom. The average Bonchev–Trinajstić information content (AvgIpc) is 3.39. The summed E-state index contributed by atoms with van der Waals surface area (Å²) in [6.45, 7) is 10.6. The third-order valence-electron chi connectivity index (χ3n) is 5.50. The molecule has 2 aromatic rings. The largest absolute Gasteiger partial charge is 0.467 e. The molecular weight excluding hydrogens is 440 g/mol. The van der Waals surface area contributed by atoms with Crippen molar-refractivity contribution in [2.75, 3.05) is 13.2 Å². The van der Waals surface area contributed by atoms with Crippen LogP contribution in [0.5, 0.6) is 0 Å². The van der Waals surface area contributed by atoms with E-state index in [1.807, 2.05) is 18.5 Å². The zero-order chi connectivity index (χ0) is 24.8. The molecule has 1 aliphatic heterocycles. The molecule has 10 heteroatoms. The van der Waals surface area contributed by atoms with Gasteiger partial charge in [0, 0.05) is 18.7 Å². The fraction of sp³-hybridized carbons (Fsp3) is 0.500. The molecule has 0 spiro atoms. The van der Waals surface area contributed by atoms with Crippen molar-refractivity contribution < 1.29 is 28.3 Å². The van der Waals surface area contributed by atoms with Gasteiger partial charge in [-0.05, 0) is 50.8 Å². The molecule has 10 nitrogen and oxygen atoms in total. The number of aryl methyl sites for hydroxylation is 1. The van der Waals surface area contributed by atoms with Crippen LogP contribution in [0, 0.1) is 19.8 Å². The van der Waals surface area contributed by atoms with Crippen LogP contribution >= 0.6 is 0 Å². The predicted octanol–water partition coefficient (Wildman–Crippen LogP) is 3.10. The zero-order valence-corrected chi connectivity index (χ0v) is 20.3. The van der Waals surface area contributed by atoms with Crippen LogP contribution in [0.4, 0.5) is 4.79 Å². The smallest absolute Gasteiger partial charge is 0.338 e. The van der Waals surface area contributed by atoms with Crippen LogP contribution in [0.1, 0.15) is 55.9 Å². The summed E-state index contributed by atoms with van der Waals surface area (Å²) in [4.78, 5) is 37.4. The van der Waals surface area contributed by atoms with Crippen LogP contribution in [-0.2, 0) is 32.0 Å². The summed E-state index contributed by atoms with van der Waals surface area (Å²) in [7, 11) is 0. The monoisotopic (exact) mass is 472 g/mol. The number of hydrogen-bond donors (Lipinski definition) is 2. The van der Waals surface area contributed by atoms with Crippen molar-refractivity contribution >= 4 is 18.0 Å². The first-order valence-corrected chi connectivity index (χ1v) is 11.4. The summed E-state index contributed by atoms with van der Waals surface area (Å²) in [5, 5.41) is 9.79. The van der Waals surface area contributed by atoms with Crippen molar-refractivity contribution in [3.05, 3.63) is 52.4 Å². The van der Waals surface area contributed by atoms with Crippen molar-refractivity contribution in [2.45, 2.75) is 60.0 Å².